The van der Waals surface area contributed by atoms with Gasteiger partial charge < -0.3 is 24.8 Å². The molecule has 3 N–H and O–H groups in total. The van der Waals surface area contributed by atoms with Crippen molar-refractivity contribution in [2.45, 2.75) is 37.6 Å². The van der Waals surface area contributed by atoms with Crippen LogP contribution in [0.3, 0.4) is 0 Å². The summed E-state index contributed by atoms with van der Waals surface area (Å²) in [5.41, 5.74) is 0. The second kappa shape index (κ2) is 4.73. The third-order valence-electron chi connectivity index (χ3n) is 2.14. The molecule has 1 heterocycles. The van der Waals surface area contributed by atoms with E-state index in [0.717, 1.165) is 0 Å². The van der Waals surface area contributed by atoms with Gasteiger partial charge in [-0.2, -0.15) is 0 Å². The Morgan fingerprint density at radius 3 is 2.50 bits per heavy atom. The Hall–Kier alpha value is -0.640. The topological polar surface area (TPSA) is 79.2 Å². The number of ether oxygens (including phenoxy) is 2. The molecule has 0 aromatic rings. The highest BCUT2D eigenvalue weighted by atomic mass is 16.7. The average Bonchev–Trinajstić information content (AvgIpc) is 2.18. The highest BCUT2D eigenvalue weighted by Gasteiger charge is 2.42. The molecule has 0 unspecified atom stereocenters. The minimum atomic E-state index is -1.28. The van der Waals surface area contributed by atoms with Crippen LogP contribution in [0.15, 0.2) is 0 Å². The third-order valence-corrected chi connectivity index (χ3v) is 2.14. The molecule has 0 aromatic heterocycles. The SMILES string of the molecule is C#CCO[C@@H]1O[C@H](C)[C@H](O)[C@H](O)[C@H]1O. The van der Waals surface area contributed by atoms with Gasteiger partial charge in [-0.3, -0.25) is 0 Å². The summed E-state index contributed by atoms with van der Waals surface area (Å²) in [5, 5.41) is 28.1. The summed E-state index contributed by atoms with van der Waals surface area (Å²) in [4.78, 5) is 0. The van der Waals surface area contributed by atoms with Gasteiger partial charge in [-0.25, -0.2) is 0 Å². The van der Waals surface area contributed by atoms with Gasteiger partial charge in [-0.15, -0.1) is 6.42 Å². The zero-order chi connectivity index (χ0) is 10.7. The second-order valence-electron chi connectivity index (χ2n) is 3.20. The van der Waals surface area contributed by atoms with E-state index < -0.39 is 30.7 Å². The molecular weight excluding hydrogens is 188 g/mol. The van der Waals surface area contributed by atoms with Gasteiger partial charge in [0.25, 0.3) is 0 Å². The Morgan fingerprint density at radius 1 is 1.29 bits per heavy atom. The Labute approximate surface area is 82.3 Å². The van der Waals surface area contributed by atoms with Crippen LogP contribution >= 0.6 is 0 Å². The van der Waals surface area contributed by atoms with Gasteiger partial charge >= 0.3 is 0 Å². The number of aliphatic hydroxyl groups excluding tert-OH is 3. The second-order valence-corrected chi connectivity index (χ2v) is 3.20. The molecule has 5 atom stereocenters. The van der Waals surface area contributed by atoms with Gasteiger partial charge in [0.1, 0.15) is 24.9 Å². The summed E-state index contributed by atoms with van der Waals surface area (Å²) >= 11 is 0. The predicted octanol–water partition coefficient (Wildman–Crippen LogP) is -1.54. The summed E-state index contributed by atoms with van der Waals surface area (Å²) in [6.07, 6.45) is -0.298. The molecule has 5 nitrogen and oxygen atoms in total. The van der Waals surface area contributed by atoms with Crippen LogP contribution in [0, 0.1) is 12.3 Å². The van der Waals surface area contributed by atoms with Crippen LogP contribution < -0.4 is 0 Å². The van der Waals surface area contributed by atoms with Crippen molar-refractivity contribution in [3.63, 3.8) is 0 Å². The van der Waals surface area contributed by atoms with Crippen LogP contribution in [0.4, 0.5) is 0 Å². The normalized spacial score (nSPS) is 43.2. The third kappa shape index (κ3) is 2.23. The maximum absolute atomic E-state index is 9.42. The van der Waals surface area contributed by atoms with E-state index in [4.69, 9.17) is 15.9 Å². The first-order chi connectivity index (χ1) is 6.57. The molecule has 0 radical (unpaired) electrons. The highest BCUT2D eigenvalue weighted by molar-refractivity contribution is 4.89. The van der Waals surface area contributed by atoms with Gasteiger partial charge in [-0.05, 0) is 6.92 Å². The van der Waals surface area contributed by atoms with E-state index in [2.05, 4.69) is 5.92 Å². The van der Waals surface area contributed by atoms with E-state index >= 15 is 0 Å². The van der Waals surface area contributed by atoms with Crippen LogP contribution in [-0.4, -0.2) is 52.6 Å². The minimum absolute atomic E-state index is 0.0166. The molecule has 0 spiro atoms. The van der Waals surface area contributed by atoms with Gasteiger partial charge in [0.05, 0.1) is 6.10 Å². The highest BCUT2D eigenvalue weighted by Crippen LogP contribution is 2.21. The lowest BCUT2D eigenvalue weighted by molar-refractivity contribution is -0.289. The molecular formula is C9H14O5. The maximum atomic E-state index is 9.42. The Morgan fingerprint density at radius 2 is 1.93 bits per heavy atom. The maximum Gasteiger partial charge on any atom is 0.187 e. The number of rotatable bonds is 2. The van der Waals surface area contributed by atoms with Gasteiger partial charge in [-0.1, -0.05) is 5.92 Å². The molecule has 80 valence electrons. The van der Waals surface area contributed by atoms with Crippen molar-refractivity contribution in [1.29, 1.82) is 0 Å². The summed E-state index contributed by atoms with van der Waals surface area (Å²) in [6.45, 7) is 1.56. The van der Waals surface area contributed by atoms with Crippen molar-refractivity contribution < 1.29 is 24.8 Å². The summed E-state index contributed by atoms with van der Waals surface area (Å²) in [5.74, 6) is 2.22. The monoisotopic (exact) mass is 202 g/mol. The fraction of sp³-hybridized carbons (Fsp3) is 0.778. The average molecular weight is 202 g/mol. The molecule has 1 aliphatic heterocycles. The first kappa shape index (κ1) is 11.4. The fourth-order valence-corrected chi connectivity index (χ4v) is 1.28. The Balaban J connectivity index is 2.57. The lowest BCUT2D eigenvalue weighted by Crippen LogP contribution is -2.57. The van der Waals surface area contributed by atoms with E-state index in [1.54, 1.807) is 6.92 Å². The fourth-order valence-electron chi connectivity index (χ4n) is 1.28. The van der Waals surface area contributed by atoms with Crippen molar-refractivity contribution >= 4 is 0 Å². The molecule has 0 aliphatic carbocycles. The van der Waals surface area contributed by atoms with Crippen molar-refractivity contribution in [3.8, 4) is 12.3 Å². The molecule has 0 bridgehead atoms. The first-order valence-corrected chi connectivity index (χ1v) is 4.32. The van der Waals surface area contributed by atoms with E-state index in [1.165, 1.54) is 0 Å². The number of aliphatic hydroxyl groups is 3. The van der Waals surface area contributed by atoms with Crippen molar-refractivity contribution in [2.75, 3.05) is 6.61 Å². The van der Waals surface area contributed by atoms with Gasteiger partial charge in [0.15, 0.2) is 6.29 Å². The molecule has 0 aromatic carbocycles. The van der Waals surface area contributed by atoms with Crippen LogP contribution in [-0.2, 0) is 9.47 Å². The Bertz CT molecular complexity index is 224. The van der Waals surface area contributed by atoms with Crippen LogP contribution in [0.25, 0.3) is 0 Å². The van der Waals surface area contributed by atoms with E-state index in [0.29, 0.717) is 0 Å². The zero-order valence-electron chi connectivity index (χ0n) is 7.83. The lowest BCUT2D eigenvalue weighted by atomic mass is 10.0. The Kier molecular flexibility index (Phi) is 3.86. The molecule has 1 saturated heterocycles. The summed E-state index contributed by atoms with van der Waals surface area (Å²) in [7, 11) is 0. The van der Waals surface area contributed by atoms with Crippen LogP contribution in [0.1, 0.15) is 6.92 Å². The molecule has 14 heavy (non-hydrogen) atoms. The van der Waals surface area contributed by atoms with E-state index in [9.17, 15) is 15.3 Å². The molecule has 5 heteroatoms. The minimum Gasteiger partial charge on any atom is -0.388 e. The van der Waals surface area contributed by atoms with Crippen molar-refractivity contribution in [2.24, 2.45) is 0 Å². The summed E-state index contributed by atoms with van der Waals surface area (Å²) < 4.78 is 10.1. The molecule has 1 aliphatic rings. The van der Waals surface area contributed by atoms with Crippen molar-refractivity contribution in [3.05, 3.63) is 0 Å². The van der Waals surface area contributed by atoms with Crippen LogP contribution in [0.2, 0.25) is 0 Å². The van der Waals surface area contributed by atoms with E-state index in [1.807, 2.05) is 0 Å². The zero-order valence-corrected chi connectivity index (χ0v) is 7.83. The standard InChI is InChI=1S/C9H14O5/c1-3-4-13-9-8(12)7(11)6(10)5(2)14-9/h1,5-12H,4H2,2H3/t5-,6+,7+,8-,9-/m1/s1. The lowest BCUT2D eigenvalue weighted by Gasteiger charge is -2.38. The molecule has 1 rings (SSSR count). The molecule has 0 saturated carbocycles. The number of terminal acetylenes is 1. The smallest absolute Gasteiger partial charge is 0.187 e. The quantitative estimate of drug-likeness (QED) is 0.473. The number of hydrogen-bond donors (Lipinski definition) is 3. The van der Waals surface area contributed by atoms with Gasteiger partial charge in [0, 0.05) is 0 Å². The van der Waals surface area contributed by atoms with Crippen LogP contribution in [0.5, 0.6) is 0 Å². The van der Waals surface area contributed by atoms with Gasteiger partial charge in [0.2, 0.25) is 0 Å². The number of hydrogen-bond acceptors (Lipinski definition) is 5. The molecule has 0 amide bonds. The predicted molar refractivity (Wildman–Crippen MR) is 47.1 cm³/mol. The van der Waals surface area contributed by atoms with Crippen molar-refractivity contribution in [1.82, 2.24) is 0 Å². The molecule has 1 fully saturated rings. The largest absolute Gasteiger partial charge is 0.388 e. The first-order valence-electron chi connectivity index (χ1n) is 4.32. The summed E-state index contributed by atoms with van der Waals surface area (Å²) in [6, 6.07) is 0. The van der Waals surface area contributed by atoms with E-state index in [-0.39, 0.29) is 6.61 Å².